The molecule has 1 rings (SSSR count). The van der Waals surface area contributed by atoms with Crippen molar-refractivity contribution >= 4 is 0 Å². The van der Waals surface area contributed by atoms with E-state index in [2.05, 4.69) is 6.92 Å². The van der Waals surface area contributed by atoms with Crippen molar-refractivity contribution in [1.82, 2.24) is 0 Å². The van der Waals surface area contributed by atoms with Gasteiger partial charge in [0.25, 0.3) is 0 Å². The first-order valence-corrected chi connectivity index (χ1v) is 9.34. The summed E-state index contributed by atoms with van der Waals surface area (Å²) in [5.41, 5.74) is -1.83. The lowest BCUT2D eigenvalue weighted by Crippen LogP contribution is -2.35. The lowest BCUT2D eigenvalue weighted by molar-refractivity contribution is -0.0353. The monoisotopic (exact) mass is 380 g/mol. The molecule has 1 aromatic rings. The summed E-state index contributed by atoms with van der Waals surface area (Å²) in [4.78, 5) is 0. The Kier molecular flexibility index (Phi) is 9.01. The van der Waals surface area contributed by atoms with Crippen LogP contribution < -0.4 is 0 Å². The zero-order valence-electron chi connectivity index (χ0n) is 16.0. The van der Waals surface area contributed by atoms with Crippen molar-refractivity contribution < 1.29 is 26.7 Å². The molecule has 0 aliphatic rings. The molecule has 0 saturated carbocycles. The Bertz CT molecular complexity index is 557. The van der Waals surface area contributed by atoms with E-state index in [1.54, 1.807) is 20.8 Å². The standard InChI is InChI=1S/C20H29F5O/c1-5-7-8-9-10-11-12-13(20(3,4)26-6-2)14-15(21)17(23)19(25)18(24)16(14)22/h13H,5-12H2,1-4H3. The number of unbranched alkanes of at least 4 members (excludes halogenated alkanes) is 5. The third kappa shape index (κ3) is 5.41. The largest absolute Gasteiger partial charge is 0.375 e. The molecule has 0 N–H and O–H groups in total. The predicted octanol–water partition coefficient (Wildman–Crippen LogP) is 7.03. The first-order chi connectivity index (χ1) is 12.2. The molecule has 0 saturated heterocycles. The topological polar surface area (TPSA) is 9.23 Å². The fourth-order valence-electron chi connectivity index (χ4n) is 3.37. The van der Waals surface area contributed by atoms with E-state index in [1.165, 1.54) is 0 Å². The van der Waals surface area contributed by atoms with E-state index < -0.39 is 46.2 Å². The summed E-state index contributed by atoms with van der Waals surface area (Å²) in [5, 5.41) is 0. The molecule has 0 heterocycles. The van der Waals surface area contributed by atoms with Crippen molar-refractivity contribution in [2.45, 2.75) is 84.2 Å². The smallest absolute Gasteiger partial charge is 0.200 e. The molecule has 1 aromatic carbocycles. The fourth-order valence-corrected chi connectivity index (χ4v) is 3.37. The summed E-state index contributed by atoms with van der Waals surface area (Å²) in [7, 11) is 0. The summed E-state index contributed by atoms with van der Waals surface area (Å²) < 4.78 is 74.9. The molecule has 0 aromatic heterocycles. The first-order valence-electron chi connectivity index (χ1n) is 9.34. The predicted molar refractivity (Wildman–Crippen MR) is 92.7 cm³/mol. The Labute approximate surface area is 152 Å². The minimum absolute atomic E-state index is 0.273. The minimum Gasteiger partial charge on any atom is -0.375 e. The highest BCUT2D eigenvalue weighted by atomic mass is 19.2. The van der Waals surface area contributed by atoms with Crippen molar-refractivity contribution in [3.8, 4) is 0 Å². The zero-order valence-corrected chi connectivity index (χ0v) is 16.0. The van der Waals surface area contributed by atoms with E-state index in [9.17, 15) is 22.0 Å². The van der Waals surface area contributed by atoms with E-state index in [4.69, 9.17) is 4.74 Å². The number of benzene rings is 1. The normalized spacial score (nSPS) is 13.3. The molecule has 1 nitrogen and oxygen atoms in total. The van der Waals surface area contributed by atoms with E-state index in [0.29, 0.717) is 6.42 Å². The highest BCUT2D eigenvalue weighted by Crippen LogP contribution is 2.40. The van der Waals surface area contributed by atoms with Crippen LogP contribution in [0.5, 0.6) is 0 Å². The van der Waals surface area contributed by atoms with Crippen LogP contribution in [-0.4, -0.2) is 12.2 Å². The highest BCUT2D eigenvalue weighted by molar-refractivity contribution is 5.29. The first kappa shape index (κ1) is 22.9. The van der Waals surface area contributed by atoms with E-state index in [0.717, 1.165) is 32.1 Å². The van der Waals surface area contributed by atoms with E-state index >= 15 is 0 Å². The van der Waals surface area contributed by atoms with Gasteiger partial charge in [0.15, 0.2) is 23.3 Å². The van der Waals surface area contributed by atoms with Gasteiger partial charge in [-0.3, -0.25) is 0 Å². The fraction of sp³-hybridized carbons (Fsp3) is 0.700. The van der Waals surface area contributed by atoms with Crippen molar-refractivity contribution in [2.75, 3.05) is 6.61 Å². The molecule has 0 bridgehead atoms. The Hall–Kier alpha value is -1.17. The second-order valence-corrected chi connectivity index (χ2v) is 7.13. The Morgan fingerprint density at radius 3 is 1.69 bits per heavy atom. The van der Waals surface area contributed by atoms with Crippen LogP contribution in [0.4, 0.5) is 22.0 Å². The highest BCUT2D eigenvalue weighted by Gasteiger charge is 2.38. The van der Waals surface area contributed by atoms with Crippen LogP contribution in [0.3, 0.4) is 0 Å². The molecule has 0 fully saturated rings. The van der Waals surface area contributed by atoms with Gasteiger partial charge in [-0.15, -0.1) is 0 Å². The number of rotatable bonds is 11. The average molecular weight is 380 g/mol. The minimum atomic E-state index is -2.13. The van der Waals surface area contributed by atoms with Crippen LogP contribution in [0.1, 0.15) is 84.1 Å². The Morgan fingerprint density at radius 2 is 1.19 bits per heavy atom. The van der Waals surface area contributed by atoms with Crippen LogP contribution in [0.2, 0.25) is 0 Å². The van der Waals surface area contributed by atoms with Gasteiger partial charge < -0.3 is 4.74 Å². The van der Waals surface area contributed by atoms with Crippen LogP contribution in [0.15, 0.2) is 0 Å². The molecule has 150 valence electrons. The number of hydrogen-bond acceptors (Lipinski definition) is 1. The summed E-state index contributed by atoms with van der Waals surface area (Å²) in [5.74, 6) is -10.4. The molecule has 0 radical (unpaired) electrons. The number of halogens is 5. The van der Waals surface area contributed by atoms with Gasteiger partial charge in [-0.2, -0.15) is 0 Å². The lowest BCUT2D eigenvalue weighted by Gasteiger charge is -2.35. The van der Waals surface area contributed by atoms with E-state index in [1.807, 2.05) is 0 Å². The molecule has 0 aliphatic carbocycles. The Morgan fingerprint density at radius 1 is 0.731 bits per heavy atom. The quantitative estimate of drug-likeness (QED) is 0.173. The maximum absolute atomic E-state index is 14.3. The maximum Gasteiger partial charge on any atom is 0.200 e. The molecule has 0 amide bonds. The summed E-state index contributed by atoms with van der Waals surface area (Å²) in [6.45, 7) is 7.34. The molecular weight excluding hydrogens is 351 g/mol. The molecule has 6 heteroatoms. The van der Waals surface area contributed by atoms with Crippen molar-refractivity contribution in [2.24, 2.45) is 0 Å². The average Bonchev–Trinajstić information content (AvgIpc) is 2.59. The number of hydrogen-bond donors (Lipinski definition) is 0. The second kappa shape index (κ2) is 10.2. The molecule has 0 spiro atoms. The summed E-state index contributed by atoms with van der Waals surface area (Å²) >= 11 is 0. The van der Waals surface area contributed by atoms with Gasteiger partial charge >= 0.3 is 0 Å². The van der Waals surface area contributed by atoms with Gasteiger partial charge in [-0.1, -0.05) is 45.4 Å². The van der Waals surface area contributed by atoms with Crippen LogP contribution >= 0.6 is 0 Å². The number of ether oxygens (including phenoxy) is 1. The van der Waals surface area contributed by atoms with Crippen LogP contribution in [0.25, 0.3) is 0 Å². The van der Waals surface area contributed by atoms with Crippen molar-refractivity contribution in [3.05, 3.63) is 34.6 Å². The van der Waals surface area contributed by atoms with Crippen LogP contribution in [0, 0.1) is 29.1 Å². The van der Waals surface area contributed by atoms with Crippen LogP contribution in [-0.2, 0) is 4.74 Å². The Balaban J connectivity index is 3.14. The second-order valence-electron chi connectivity index (χ2n) is 7.13. The van der Waals surface area contributed by atoms with Gasteiger partial charge in [0, 0.05) is 18.1 Å². The molecule has 26 heavy (non-hydrogen) atoms. The van der Waals surface area contributed by atoms with Crippen molar-refractivity contribution in [1.29, 1.82) is 0 Å². The lowest BCUT2D eigenvalue weighted by atomic mass is 9.80. The molecule has 1 atom stereocenters. The van der Waals surface area contributed by atoms with Gasteiger partial charge in [-0.25, -0.2) is 22.0 Å². The third-order valence-corrected chi connectivity index (χ3v) is 4.79. The third-order valence-electron chi connectivity index (χ3n) is 4.79. The SMILES string of the molecule is CCCCCCCCC(c1c(F)c(F)c(F)c(F)c1F)C(C)(C)OCC. The van der Waals surface area contributed by atoms with Gasteiger partial charge in [0.2, 0.25) is 5.82 Å². The van der Waals surface area contributed by atoms with Gasteiger partial charge in [0.1, 0.15) is 0 Å². The zero-order chi connectivity index (χ0) is 19.9. The summed E-state index contributed by atoms with van der Waals surface area (Å²) in [6, 6.07) is 0. The molecule has 0 aliphatic heterocycles. The van der Waals surface area contributed by atoms with Gasteiger partial charge in [-0.05, 0) is 27.2 Å². The maximum atomic E-state index is 14.3. The molecule has 1 unspecified atom stereocenters. The van der Waals surface area contributed by atoms with E-state index in [-0.39, 0.29) is 13.0 Å². The molecular formula is C20H29F5O. The van der Waals surface area contributed by atoms with Crippen molar-refractivity contribution in [3.63, 3.8) is 0 Å². The summed E-state index contributed by atoms with van der Waals surface area (Å²) in [6.07, 6.45) is 6.03. The van der Waals surface area contributed by atoms with Gasteiger partial charge in [0.05, 0.1) is 5.60 Å².